The van der Waals surface area contributed by atoms with E-state index in [0.29, 0.717) is 4.90 Å². The van der Waals surface area contributed by atoms with Gasteiger partial charge in [0.25, 0.3) is 5.91 Å². The highest BCUT2D eigenvalue weighted by molar-refractivity contribution is 5.94. The van der Waals surface area contributed by atoms with E-state index in [2.05, 4.69) is 4.98 Å². The Hall–Kier alpha value is -2.32. The molecule has 0 aliphatic heterocycles. The van der Waals surface area contributed by atoms with Crippen LogP contribution in [0.3, 0.4) is 0 Å². The number of carbonyl (C=O) groups excluding carboxylic acids is 2. The fraction of sp³-hybridized carbons (Fsp3) is 0.417. The number of nitrogens with one attached hydrogen (secondary N) is 1. The van der Waals surface area contributed by atoms with Gasteiger partial charge in [-0.1, -0.05) is 6.07 Å². The zero-order valence-electron chi connectivity index (χ0n) is 11.4. The van der Waals surface area contributed by atoms with Crippen molar-refractivity contribution in [1.82, 2.24) is 14.8 Å². The lowest BCUT2D eigenvalue weighted by molar-refractivity contribution is -0.146. The molecule has 1 aromatic rings. The van der Waals surface area contributed by atoms with Crippen molar-refractivity contribution in [3.05, 3.63) is 34.2 Å². The maximum absolute atomic E-state index is 12.5. The molecule has 116 valence electrons. The van der Waals surface area contributed by atoms with Gasteiger partial charge < -0.3 is 14.8 Å². The summed E-state index contributed by atoms with van der Waals surface area (Å²) >= 11 is 0. The molecule has 2 amide bonds. The van der Waals surface area contributed by atoms with E-state index in [0.717, 1.165) is 11.0 Å². The molecule has 0 atom stereocenters. The number of aromatic amines is 1. The summed E-state index contributed by atoms with van der Waals surface area (Å²) < 4.78 is 37.6. The van der Waals surface area contributed by atoms with Gasteiger partial charge in [0.05, 0.1) is 0 Å². The van der Waals surface area contributed by atoms with Gasteiger partial charge >= 0.3 is 6.18 Å². The van der Waals surface area contributed by atoms with E-state index in [9.17, 15) is 27.6 Å². The highest BCUT2D eigenvalue weighted by atomic mass is 19.4. The predicted octanol–water partition coefficient (Wildman–Crippen LogP) is 0.468. The minimum absolute atomic E-state index is 0.307. The first-order valence-corrected chi connectivity index (χ1v) is 5.85. The Morgan fingerprint density at radius 2 is 1.86 bits per heavy atom. The van der Waals surface area contributed by atoms with Crippen molar-refractivity contribution in [2.24, 2.45) is 0 Å². The second-order valence-electron chi connectivity index (χ2n) is 4.49. The fourth-order valence-corrected chi connectivity index (χ4v) is 1.46. The summed E-state index contributed by atoms with van der Waals surface area (Å²) in [5.74, 6) is -1.73. The standard InChI is InChI=1S/C12H14F3N3O3/c1-17(2)10(20)6-18(7-12(13,14)15)11(21)8-4-3-5-9(19)16-8/h3-5H,6-7H2,1-2H3,(H,16,19). The summed E-state index contributed by atoms with van der Waals surface area (Å²) in [6.07, 6.45) is -4.66. The number of likely N-dealkylation sites (N-methyl/N-ethyl adjacent to an activating group) is 1. The number of amides is 2. The first-order chi connectivity index (χ1) is 9.60. The molecule has 9 heteroatoms. The highest BCUT2D eigenvalue weighted by Gasteiger charge is 2.34. The summed E-state index contributed by atoms with van der Waals surface area (Å²) in [5, 5.41) is 0. The van der Waals surface area contributed by atoms with E-state index >= 15 is 0 Å². The summed E-state index contributed by atoms with van der Waals surface area (Å²) in [5.41, 5.74) is -0.926. The molecular weight excluding hydrogens is 291 g/mol. The molecule has 0 saturated carbocycles. The van der Waals surface area contributed by atoms with Crippen LogP contribution in [0.25, 0.3) is 0 Å². The maximum atomic E-state index is 12.5. The van der Waals surface area contributed by atoms with Crippen LogP contribution in [-0.4, -0.2) is 60.0 Å². The molecule has 0 aliphatic rings. The van der Waals surface area contributed by atoms with Crippen LogP contribution in [0.5, 0.6) is 0 Å². The van der Waals surface area contributed by atoms with Crippen LogP contribution in [0, 0.1) is 0 Å². The summed E-state index contributed by atoms with van der Waals surface area (Å²) in [4.78, 5) is 38.2. The number of H-pyrrole nitrogens is 1. The van der Waals surface area contributed by atoms with E-state index in [4.69, 9.17) is 0 Å². The number of carbonyl (C=O) groups is 2. The van der Waals surface area contributed by atoms with Gasteiger partial charge in [0.1, 0.15) is 18.8 Å². The molecule has 1 rings (SSSR count). The van der Waals surface area contributed by atoms with Crippen molar-refractivity contribution in [2.75, 3.05) is 27.2 Å². The minimum atomic E-state index is -4.66. The number of rotatable bonds is 4. The Balaban J connectivity index is 3.02. The third kappa shape index (κ3) is 5.28. The van der Waals surface area contributed by atoms with Gasteiger partial charge in [0.15, 0.2) is 0 Å². The monoisotopic (exact) mass is 305 g/mol. The van der Waals surface area contributed by atoms with Crippen molar-refractivity contribution < 1.29 is 22.8 Å². The zero-order valence-corrected chi connectivity index (χ0v) is 11.4. The number of nitrogens with zero attached hydrogens (tertiary/aromatic N) is 2. The molecule has 1 N–H and O–H groups in total. The fourth-order valence-electron chi connectivity index (χ4n) is 1.46. The quantitative estimate of drug-likeness (QED) is 0.878. The number of hydrogen-bond acceptors (Lipinski definition) is 3. The Morgan fingerprint density at radius 1 is 1.24 bits per heavy atom. The highest BCUT2D eigenvalue weighted by Crippen LogP contribution is 2.17. The molecule has 0 saturated heterocycles. The van der Waals surface area contributed by atoms with Crippen molar-refractivity contribution in [2.45, 2.75) is 6.18 Å². The van der Waals surface area contributed by atoms with E-state index in [-0.39, 0.29) is 5.69 Å². The van der Waals surface area contributed by atoms with Gasteiger partial charge in [0.2, 0.25) is 11.5 Å². The number of hydrogen-bond donors (Lipinski definition) is 1. The lowest BCUT2D eigenvalue weighted by atomic mass is 10.3. The predicted molar refractivity (Wildman–Crippen MR) is 67.7 cm³/mol. The molecule has 0 radical (unpaired) electrons. The second-order valence-corrected chi connectivity index (χ2v) is 4.49. The first kappa shape index (κ1) is 16.7. The summed E-state index contributed by atoms with van der Waals surface area (Å²) in [7, 11) is 2.73. The topological polar surface area (TPSA) is 73.5 Å². The van der Waals surface area contributed by atoms with E-state index < -0.39 is 36.6 Å². The van der Waals surface area contributed by atoms with Crippen molar-refractivity contribution in [3.8, 4) is 0 Å². The molecule has 0 unspecified atom stereocenters. The molecule has 1 aromatic heterocycles. The Morgan fingerprint density at radius 3 is 2.33 bits per heavy atom. The smallest absolute Gasteiger partial charge is 0.347 e. The lowest BCUT2D eigenvalue weighted by Crippen LogP contribution is -2.45. The number of aromatic nitrogens is 1. The summed E-state index contributed by atoms with van der Waals surface area (Å²) in [6.45, 7) is -2.31. The normalized spacial score (nSPS) is 11.1. The lowest BCUT2D eigenvalue weighted by Gasteiger charge is -2.24. The van der Waals surface area contributed by atoms with Crippen LogP contribution in [-0.2, 0) is 4.79 Å². The second kappa shape index (κ2) is 6.42. The molecule has 1 heterocycles. The van der Waals surface area contributed by atoms with Gasteiger partial charge in [-0.25, -0.2) is 0 Å². The van der Waals surface area contributed by atoms with Gasteiger partial charge in [-0.15, -0.1) is 0 Å². The van der Waals surface area contributed by atoms with Gasteiger partial charge in [-0.3, -0.25) is 14.4 Å². The molecule has 0 bridgehead atoms. The van der Waals surface area contributed by atoms with Crippen molar-refractivity contribution in [1.29, 1.82) is 0 Å². The summed E-state index contributed by atoms with van der Waals surface area (Å²) in [6, 6.07) is 3.54. The Kier molecular flexibility index (Phi) is 5.12. The van der Waals surface area contributed by atoms with E-state index in [1.165, 1.54) is 26.2 Å². The Bertz CT molecular complexity index is 581. The van der Waals surface area contributed by atoms with Crippen LogP contribution in [0.4, 0.5) is 13.2 Å². The largest absolute Gasteiger partial charge is 0.406 e. The average molecular weight is 305 g/mol. The maximum Gasteiger partial charge on any atom is 0.406 e. The average Bonchev–Trinajstić information content (AvgIpc) is 2.35. The van der Waals surface area contributed by atoms with Crippen LogP contribution in [0.15, 0.2) is 23.0 Å². The molecule has 21 heavy (non-hydrogen) atoms. The first-order valence-electron chi connectivity index (χ1n) is 5.85. The minimum Gasteiger partial charge on any atom is -0.347 e. The molecular formula is C12H14F3N3O3. The molecule has 0 aromatic carbocycles. The van der Waals surface area contributed by atoms with Gasteiger partial charge in [0, 0.05) is 20.2 Å². The van der Waals surface area contributed by atoms with Crippen LogP contribution in [0.2, 0.25) is 0 Å². The molecule has 0 fully saturated rings. The third-order valence-corrected chi connectivity index (χ3v) is 2.48. The zero-order chi connectivity index (χ0) is 16.2. The van der Waals surface area contributed by atoms with Gasteiger partial charge in [-0.2, -0.15) is 13.2 Å². The third-order valence-electron chi connectivity index (χ3n) is 2.48. The van der Waals surface area contributed by atoms with Crippen LogP contribution in [0.1, 0.15) is 10.5 Å². The SMILES string of the molecule is CN(C)C(=O)CN(CC(F)(F)F)C(=O)c1cccc(=O)[nH]1. The van der Waals surface area contributed by atoms with E-state index in [1.807, 2.05) is 0 Å². The van der Waals surface area contributed by atoms with E-state index in [1.54, 1.807) is 0 Å². The van der Waals surface area contributed by atoms with Crippen LogP contribution >= 0.6 is 0 Å². The van der Waals surface area contributed by atoms with Crippen molar-refractivity contribution >= 4 is 11.8 Å². The van der Waals surface area contributed by atoms with Crippen LogP contribution < -0.4 is 5.56 Å². The van der Waals surface area contributed by atoms with Crippen molar-refractivity contribution in [3.63, 3.8) is 0 Å². The molecule has 6 nitrogen and oxygen atoms in total. The number of pyridine rings is 1. The molecule has 0 aliphatic carbocycles. The van der Waals surface area contributed by atoms with Gasteiger partial charge in [-0.05, 0) is 6.07 Å². The number of alkyl halides is 3. The number of halogens is 3. The Labute approximate surface area is 118 Å². The molecule has 0 spiro atoms.